The number of fused-ring (bicyclic) bond motifs is 1. The summed E-state index contributed by atoms with van der Waals surface area (Å²) in [7, 11) is 0. The van der Waals surface area contributed by atoms with E-state index in [2.05, 4.69) is 63.6 Å². The molecule has 2 aromatic heterocycles. The molecule has 0 bridgehead atoms. The highest BCUT2D eigenvalue weighted by Gasteiger charge is 2.20. The lowest BCUT2D eigenvalue weighted by Gasteiger charge is -2.25. The second-order valence-corrected chi connectivity index (χ2v) is 7.25. The number of hydrogen-bond acceptors (Lipinski definition) is 4. The third kappa shape index (κ3) is 3.60. The van der Waals surface area contributed by atoms with Crippen molar-refractivity contribution in [2.75, 3.05) is 11.9 Å². The zero-order valence-corrected chi connectivity index (χ0v) is 15.3. The molecule has 136 valence electrons. The van der Waals surface area contributed by atoms with Gasteiger partial charge in [0.25, 0.3) is 0 Å². The molecule has 0 atom stereocenters. The van der Waals surface area contributed by atoms with Crippen molar-refractivity contribution in [1.82, 2.24) is 20.2 Å². The van der Waals surface area contributed by atoms with Crippen LogP contribution < -0.4 is 11.0 Å². The van der Waals surface area contributed by atoms with Crippen LogP contribution in [0.15, 0.2) is 65.5 Å². The number of nitrogens with one attached hydrogen (secondary N) is 3. The number of anilines is 1. The first-order chi connectivity index (χ1) is 13.0. The van der Waals surface area contributed by atoms with Crippen LogP contribution in [0.3, 0.4) is 0 Å². The molecular formula is C21H21N5O. The van der Waals surface area contributed by atoms with Crippen LogP contribution in [0.4, 0.5) is 5.82 Å². The molecule has 4 aromatic rings. The van der Waals surface area contributed by atoms with Crippen molar-refractivity contribution in [2.45, 2.75) is 19.3 Å². The Labute approximate surface area is 156 Å². The number of imidazole rings is 1. The molecule has 0 aliphatic heterocycles. The minimum atomic E-state index is -0.214. The van der Waals surface area contributed by atoms with Crippen LogP contribution in [0, 0.1) is 0 Å². The van der Waals surface area contributed by atoms with E-state index in [1.54, 1.807) is 0 Å². The highest BCUT2D eigenvalue weighted by Crippen LogP contribution is 2.24. The van der Waals surface area contributed by atoms with Crippen molar-refractivity contribution in [3.8, 4) is 11.3 Å². The standard InChI is InChI=1S/C21H21N5O/c1-21(2,15-6-4-3-5-7-15)13-22-19-11-10-16(25-26-19)14-8-9-17-18(12-14)24-20(27)23-17/h3-12H,13H2,1-2H3,(H,22,26)(H2,23,24,27). The fourth-order valence-corrected chi connectivity index (χ4v) is 3.08. The van der Waals surface area contributed by atoms with Gasteiger partial charge in [-0.2, -0.15) is 0 Å². The van der Waals surface area contributed by atoms with E-state index < -0.39 is 0 Å². The first-order valence-electron chi connectivity index (χ1n) is 8.87. The molecule has 2 heterocycles. The van der Waals surface area contributed by atoms with E-state index >= 15 is 0 Å². The number of aromatic nitrogens is 4. The second-order valence-electron chi connectivity index (χ2n) is 7.25. The summed E-state index contributed by atoms with van der Waals surface area (Å²) in [6, 6.07) is 19.9. The maximum absolute atomic E-state index is 11.4. The van der Waals surface area contributed by atoms with E-state index in [9.17, 15) is 4.79 Å². The monoisotopic (exact) mass is 359 g/mol. The number of benzene rings is 2. The largest absolute Gasteiger partial charge is 0.368 e. The van der Waals surface area contributed by atoms with Crippen molar-refractivity contribution in [3.63, 3.8) is 0 Å². The lowest BCUT2D eigenvalue weighted by molar-refractivity contribution is 0.556. The topological polar surface area (TPSA) is 86.5 Å². The van der Waals surface area contributed by atoms with Crippen LogP contribution in [-0.2, 0) is 5.41 Å². The Kier molecular flexibility index (Phi) is 4.24. The summed E-state index contributed by atoms with van der Waals surface area (Å²) < 4.78 is 0. The van der Waals surface area contributed by atoms with Crippen LogP contribution in [0.5, 0.6) is 0 Å². The summed E-state index contributed by atoms with van der Waals surface area (Å²) in [6.07, 6.45) is 0. The molecular weight excluding hydrogens is 338 g/mol. The minimum Gasteiger partial charge on any atom is -0.368 e. The van der Waals surface area contributed by atoms with Crippen LogP contribution in [-0.4, -0.2) is 26.7 Å². The average molecular weight is 359 g/mol. The van der Waals surface area contributed by atoms with Gasteiger partial charge in [-0.25, -0.2) is 4.79 Å². The first-order valence-corrected chi connectivity index (χ1v) is 8.87. The predicted molar refractivity (Wildman–Crippen MR) is 108 cm³/mol. The molecule has 6 nitrogen and oxygen atoms in total. The molecule has 0 aliphatic carbocycles. The number of nitrogens with zero attached hydrogens (tertiary/aromatic N) is 2. The molecule has 2 aromatic carbocycles. The van der Waals surface area contributed by atoms with E-state index in [4.69, 9.17) is 0 Å². The van der Waals surface area contributed by atoms with Gasteiger partial charge in [0.05, 0.1) is 16.7 Å². The molecule has 4 rings (SSSR count). The van der Waals surface area contributed by atoms with Crippen LogP contribution in [0.1, 0.15) is 19.4 Å². The Bertz CT molecular complexity index is 1110. The van der Waals surface area contributed by atoms with Gasteiger partial charge in [0.1, 0.15) is 5.82 Å². The summed E-state index contributed by atoms with van der Waals surface area (Å²) in [5.74, 6) is 0.735. The van der Waals surface area contributed by atoms with Gasteiger partial charge in [0.15, 0.2) is 0 Å². The van der Waals surface area contributed by atoms with Gasteiger partial charge in [-0.1, -0.05) is 50.2 Å². The number of H-pyrrole nitrogens is 2. The number of hydrogen-bond donors (Lipinski definition) is 3. The van der Waals surface area contributed by atoms with Gasteiger partial charge in [0, 0.05) is 17.5 Å². The van der Waals surface area contributed by atoms with E-state index in [-0.39, 0.29) is 11.1 Å². The quantitative estimate of drug-likeness (QED) is 0.507. The van der Waals surface area contributed by atoms with E-state index in [1.165, 1.54) is 5.56 Å². The minimum absolute atomic E-state index is 0.0210. The Hall–Kier alpha value is -3.41. The summed E-state index contributed by atoms with van der Waals surface area (Å²) >= 11 is 0. The average Bonchev–Trinajstić information content (AvgIpc) is 3.07. The molecule has 0 amide bonds. The zero-order chi connectivity index (χ0) is 18.9. The van der Waals surface area contributed by atoms with Gasteiger partial charge >= 0.3 is 5.69 Å². The Balaban J connectivity index is 1.49. The van der Waals surface area contributed by atoms with Gasteiger partial charge in [-0.15, -0.1) is 10.2 Å². The first kappa shape index (κ1) is 17.0. The lowest BCUT2D eigenvalue weighted by atomic mass is 9.85. The van der Waals surface area contributed by atoms with Gasteiger partial charge < -0.3 is 15.3 Å². The Morgan fingerprint density at radius 1 is 0.926 bits per heavy atom. The fourth-order valence-electron chi connectivity index (χ4n) is 3.08. The normalized spacial score (nSPS) is 11.6. The van der Waals surface area contributed by atoms with Gasteiger partial charge in [-0.3, -0.25) is 0 Å². The van der Waals surface area contributed by atoms with Crippen LogP contribution in [0.2, 0.25) is 0 Å². The van der Waals surface area contributed by atoms with Crippen molar-refractivity contribution in [1.29, 1.82) is 0 Å². The van der Waals surface area contributed by atoms with E-state index in [0.717, 1.165) is 34.7 Å². The Morgan fingerprint density at radius 3 is 2.44 bits per heavy atom. The number of rotatable bonds is 5. The highest BCUT2D eigenvalue weighted by atomic mass is 16.1. The summed E-state index contributed by atoms with van der Waals surface area (Å²) in [5, 5.41) is 12.0. The maximum atomic E-state index is 11.4. The molecule has 0 spiro atoms. The van der Waals surface area contributed by atoms with Gasteiger partial charge in [-0.05, 0) is 29.8 Å². The maximum Gasteiger partial charge on any atom is 0.323 e. The predicted octanol–water partition coefficient (Wildman–Crippen LogP) is 3.70. The summed E-state index contributed by atoms with van der Waals surface area (Å²) in [5.41, 5.74) is 4.23. The van der Waals surface area contributed by atoms with Crippen molar-refractivity contribution in [2.24, 2.45) is 0 Å². The van der Waals surface area contributed by atoms with Crippen molar-refractivity contribution in [3.05, 3.63) is 76.7 Å². The summed E-state index contributed by atoms with van der Waals surface area (Å²) in [4.78, 5) is 16.9. The molecule has 0 saturated carbocycles. The molecule has 0 unspecified atom stereocenters. The van der Waals surface area contributed by atoms with E-state index in [0.29, 0.717) is 0 Å². The third-order valence-corrected chi connectivity index (χ3v) is 4.74. The molecule has 27 heavy (non-hydrogen) atoms. The molecule has 0 radical (unpaired) electrons. The van der Waals surface area contributed by atoms with Crippen LogP contribution in [0.25, 0.3) is 22.3 Å². The Morgan fingerprint density at radius 2 is 1.70 bits per heavy atom. The SMILES string of the molecule is CC(C)(CNc1ccc(-c2ccc3[nH]c(=O)[nH]c3c2)nn1)c1ccccc1. The molecule has 0 fully saturated rings. The molecule has 0 aliphatic rings. The second kappa shape index (κ2) is 6.72. The summed E-state index contributed by atoms with van der Waals surface area (Å²) in [6.45, 7) is 5.15. The molecule has 6 heteroatoms. The van der Waals surface area contributed by atoms with Crippen molar-refractivity contribution >= 4 is 16.9 Å². The highest BCUT2D eigenvalue weighted by molar-refractivity contribution is 5.80. The molecule has 3 N–H and O–H groups in total. The third-order valence-electron chi connectivity index (χ3n) is 4.74. The van der Waals surface area contributed by atoms with Crippen molar-refractivity contribution < 1.29 is 0 Å². The van der Waals surface area contributed by atoms with E-state index in [1.807, 2.05) is 36.4 Å². The fraction of sp³-hybridized carbons (Fsp3) is 0.190. The smallest absolute Gasteiger partial charge is 0.323 e. The zero-order valence-electron chi connectivity index (χ0n) is 15.3. The van der Waals surface area contributed by atoms with Crippen LogP contribution >= 0.6 is 0 Å². The number of aromatic amines is 2. The van der Waals surface area contributed by atoms with Gasteiger partial charge in [0.2, 0.25) is 0 Å². The lowest BCUT2D eigenvalue weighted by Crippen LogP contribution is -2.27. The molecule has 0 saturated heterocycles.